The minimum absolute atomic E-state index is 0.0499. The van der Waals surface area contributed by atoms with Crippen LogP contribution >= 0.6 is 0 Å². The van der Waals surface area contributed by atoms with E-state index in [9.17, 15) is 23.6 Å². The Balaban J connectivity index is 1.31. The molecule has 3 aliphatic rings. The second-order valence-corrected chi connectivity index (χ2v) is 14.1. The van der Waals surface area contributed by atoms with Crippen LogP contribution in [0.25, 0.3) is 0 Å². The molecule has 1 N–H and O–H groups in total. The second-order valence-electron chi connectivity index (χ2n) is 14.1. The van der Waals surface area contributed by atoms with Gasteiger partial charge in [-0.05, 0) is 93.6 Å². The number of anilines is 1. The molecule has 1 saturated carbocycles. The van der Waals surface area contributed by atoms with Crippen LogP contribution in [0.1, 0.15) is 53.6 Å². The van der Waals surface area contributed by atoms with Crippen LogP contribution in [0.3, 0.4) is 0 Å². The Morgan fingerprint density at radius 3 is 2.48 bits per heavy atom. The summed E-state index contributed by atoms with van der Waals surface area (Å²) >= 11 is 0. The molecule has 260 valence electrons. The summed E-state index contributed by atoms with van der Waals surface area (Å²) in [6.45, 7) is 4.95. The van der Waals surface area contributed by atoms with Gasteiger partial charge in [-0.15, -0.1) is 0 Å². The van der Waals surface area contributed by atoms with Crippen molar-refractivity contribution >= 4 is 17.7 Å². The number of hydrogen-bond donors (Lipinski definition) is 1. The van der Waals surface area contributed by atoms with Gasteiger partial charge in [0.1, 0.15) is 12.5 Å². The number of halogens is 2. The Hall–Kier alpha value is -3.75. The first kappa shape index (κ1) is 35.6. The average molecular weight is 665 g/mol. The lowest BCUT2D eigenvalue weighted by Crippen LogP contribution is -2.58. The molecule has 3 fully saturated rings. The van der Waals surface area contributed by atoms with Gasteiger partial charge in [-0.25, -0.2) is 13.6 Å². The SMILES string of the molecule is COC(=O)N[C@H]1CCC[C@@H]1[C@](CN(C)CCF)(c1cccc(F)c1)C1CCN(CC2CN(c3ccc(C#N)c(C(=O)N(C)C)c3)C2)CC1. The maximum Gasteiger partial charge on any atom is 0.407 e. The van der Waals surface area contributed by atoms with Crippen molar-refractivity contribution in [1.29, 1.82) is 5.26 Å². The predicted octanol–water partition coefficient (Wildman–Crippen LogP) is 4.91. The van der Waals surface area contributed by atoms with Gasteiger partial charge in [-0.2, -0.15) is 5.26 Å². The fourth-order valence-electron chi connectivity index (χ4n) is 8.63. The summed E-state index contributed by atoms with van der Waals surface area (Å²) in [7, 11) is 6.69. The molecule has 5 rings (SSSR count). The molecule has 0 aromatic heterocycles. The maximum atomic E-state index is 14.9. The molecule has 11 heteroatoms. The third kappa shape index (κ3) is 7.60. The first-order valence-electron chi connectivity index (χ1n) is 17.2. The Kier molecular flexibility index (Phi) is 11.6. The summed E-state index contributed by atoms with van der Waals surface area (Å²) in [6.07, 6.45) is 4.05. The lowest BCUT2D eigenvalue weighted by Gasteiger charge is -2.52. The molecule has 2 aromatic rings. The molecule has 2 saturated heterocycles. The number of nitriles is 1. The third-order valence-corrected chi connectivity index (χ3v) is 10.9. The molecule has 2 aromatic carbocycles. The van der Waals surface area contributed by atoms with E-state index in [1.54, 1.807) is 32.3 Å². The zero-order chi connectivity index (χ0) is 34.4. The van der Waals surface area contributed by atoms with Crippen molar-refractivity contribution in [2.75, 3.05) is 85.6 Å². The van der Waals surface area contributed by atoms with Crippen molar-refractivity contribution < 1.29 is 23.1 Å². The van der Waals surface area contributed by atoms with Crippen LogP contribution in [-0.2, 0) is 10.2 Å². The van der Waals surface area contributed by atoms with E-state index in [0.29, 0.717) is 30.1 Å². The number of ether oxygens (including phenoxy) is 1. The first-order valence-corrected chi connectivity index (χ1v) is 17.2. The van der Waals surface area contributed by atoms with Crippen LogP contribution in [0.4, 0.5) is 19.3 Å². The Morgan fingerprint density at radius 1 is 1.08 bits per heavy atom. The Morgan fingerprint density at radius 2 is 1.83 bits per heavy atom. The van der Waals surface area contributed by atoms with E-state index < -0.39 is 18.2 Å². The summed E-state index contributed by atoms with van der Waals surface area (Å²) in [5.74, 6) is 0.287. The fraction of sp³-hybridized carbons (Fsp3) is 0.595. The topological polar surface area (TPSA) is 92.1 Å². The van der Waals surface area contributed by atoms with Crippen molar-refractivity contribution in [3.8, 4) is 6.07 Å². The molecule has 2 amide bonds. The largest absolute Gasteiger partial charge is 0.453 e. The number of piperidine rings is 1. The second kappa shape index (κ2) is 15.6. The number of carbonyl (C=O) groups excluding carboxylic acids is 2. The zero-order valence-corrected chi connectivity index (χ0v) is 28.8. The summed E-state index contributed by atoms with van der Waals surface area (Å²) in [6, 6.07) is 14.4. The van der Waals surface area contributed by atoms with Crippen LogP contribution in [0.15, 0.2) is 42.5 Å². The highest BCUT2D eigenvalue weighted by atomic mass is 19.1. The molecule has 0 radical (unpaired) electrons. The quantitative estimate of drug-likeness (QED) is 0.345. The highest BCUT2D eigenvalue weighted by Gasteiger charge is 2.52. The lowest BCUT2D eigenvalue weighted by molar-refractivity contribution is 0.0431. The van der Waals surface area contributed by atoms with E-state index in [4.69, 9.17) is 4.74 Å². The standard InChI is InChI=1S/C37H50F2N6O3/c1-42(2)35(46)32-20-31(12-11-27(32)21-40)45-23-26(24-45)22-44-16-13-28(14-17-44)37(25-43(3)18-15-38,29-7-5-8-30(39)19-29)33-9-6-10-34(33)41-36(47)48-4/h5,7-8,11-12,19-20,26,28,33-34H,6,9-10,13-18,22-25H2,1-4H3,(H,41,47)/t33-,34-,37-/m0/s1. The number of nitrogens with one attached hydrogen (secondary N) is 1. The monoisotopic (exact) mass is 664 g/mol. The fourth-order valence-corrected chi connectivity index (χ4v) is 8.63. The van der Waals surface area contributed by atoms with E-state index in [1.165, 1.54) is 18.1 Å². The molecule has 2 aliphatic heterocycles. The molecule has 0 spiro atoms. The van der Waals surface area contributed by atoms with Gasteiger partial charge in [0.2, 0.25) is 0 Å². The first-order chi connectivity index (χ1) is 23.1. The summed E-state index contributed by atoms with van der Waals surface area (Å²) in [5.41, 5.74) is 2.21. The summed E-state index contributed by atoms with van der Waals surface area (Å²) in [4.78, 5) is 33.4. The van der Waals surface area contributed by atoms with Gasteiger partial charge in [0, 0.05) is 69.9 Å². The van der Waals surface area contributed by atoms with Gasteiger partial charge in [0.15, 0.2) is 0 Å². The smallest absolute Gasteiger partial charge is 0.407 e. The number of amides is 2. The van der Waals surface area contributed by atoms with E-state index in [2.05, 4.69) is 21.2 Å². The van der Waals surface area contributed by atoms with E-state index in [0.717, 1.165) is 76.1 Å². The van der Waals surface area contributed by atoms with E-state index >= 15 is 0 Å². The van der Waals surface area contributed by atoms with Crippen molar-refractivity contribution in [2.45, 2.75) is 43.6 Å². The van der Waals surface area contributed by atoms with Gasteiger partial charge in [-0.1, -0.05) is 18.6 Å². The zero-order valence-electron chi connectivity index (χ0n) is 28.8. The molecular weight excluding hydrogens is 614 g/mol. The number of alkyl carbamates (subject to hydrolysis) is 1. The number of likely N-dealkylation sites (tertiary alicyclic amines) is 1. The van der Waals surface area contributed by atoms with Gasteiger partial charge >= 0.3 is 6.09 Å². The summed E-state index contributed by atoms with van der Waals surface area (Å²) < 4.78 is 33.6. The van der Waals surface area contributed by atoms with E-state index in [-0.39, 0.29) is 29.6 Å². The van der Waals surface area contributed by atoms with Crippen LogP contribution in [0.2, 0.25) is 0 Å². The number of likely N-dealkylation sites (N-methyl/N-ethyl adjacent to an activating group) is 1. The number of carbonyl (C=O) groups is 2. The van der Waals surface area contributed by atoms with Crippen LogP contribution in [-0.4, -0.2) is 113 Å². The highest BCUT2D eigenvalue weighted by Crippen LogP contribution is 2.51. The normalized spacial score (nSPS) is 21.8. The molecule has 2 heterocycles. The molecule has 0 bridgehead atoms. The van der Waals surface area contributed by atoms with Gasteiger partial charge < -0.3 is 29.7 Å². The predicted molar refractivity (Wildman–Crippen MR) is 182 cm³/mol. The molecule has 0 unspecified atom stereocenters. The van der Waals surface area contributed by atoms with Crippen LogP contribution in [0.5, 0.6) is 0 Å². The number of benzene rings is 2. The number of methoxy groups -OCH3 is 1. The average Bonchev–Trinajstić information content (AvgIpc) is 3.53. The number of alkyl halides is 1. The van der Waals surface area contributed by atoms with Crippen molar-refractivity contribution in [2.24, 2.45) is 17.8 Å². The lowest BCUT2D eigenvalue weighted by atomic mass is 9.58. The van der Waals surface area contributed by atoms with Crippen molar-refractivity contribution in [3.05, 3.63) is 65.0 Å². The molecule has 3 atom stereocenters. The van der Waals surface area contributed by atoms with Gasteiger partial charge in [0.05, 0.1) is 24.3 Å². The van der Waals surface area contributed by atoms with Crippen LogP contribution in [0, 0.1) is 34.9 Å². The minimum atomic E-state index is -0.481. The van der Waals surface area contributed by atoms with Crippen molar-refractivity contribution in [1.82, 2.24) is 20.0 Å². The molecule has 1 aliphatic carbocycles. The maximum absolute atomic E-state index is 14.9. The molecular formula is C37H50F2N6O3. The Labute approximate surface area is 283 Å². The highest BCUT2D eigenvalue weighted by molar-refractivity contribution is 5.97. The van der Waals surface area contributed by atoms with Crippen molar-refractivity contribution in [3.63, 3.8) is 0 Å². The molecule has 9 nitrogen and oxygen atoms in total. The third-order valence-electron chi connectivity index (χ3n) is 10.9. The van der Waals surface area contributed by atoms with E-state index in [1.807, 2.05) is 30.1 Å². The number of nitrogens with zero attached hydrogens (tertiary/aromatic N) is 5. The number of hydrogen-bond acceptors (Lipinski definition) is 7. The van der Waals surface area contributed by atoms with Crippen LogP contribution < -0.4 is 10.2 Å². The number of rotatable bonds is 12. The molecule has 48 heavy (non-hydrogen) atoms. The summed E-state index contributed by atoms with van der Waals surface area (Å²) in [5, 5.41) is 12.6. The van der Waals surface area contributed by atoms with Gasteiger partial charge in [0.25, 0.3) is 5.91 Å². The van der Waals surface area contributed by atoms with Gasteiger partial charge in [-0.3, -0.25) is 4.79 Å². The minimum Gasteiger partial charge on any atom is -0.453 e. The Bertz CT molecular complexity index is 1470.